The highest BCUT2D eigenvalue weighted by Gasteiger charge is 2.33. The Labute approximate surface area is 140 Å². The first-order valence-electron chi connectivity index (χ1n) is 8.74. The average molecular weight is 323 g/mol. The van der Waals surface area contributed by atoms with Crippen molar-refractivity contribution < 1.29 is 4.79 Å². The fourth-order valence-corrected chi connectivity index (χ4v) is 3.63. The Bertz CT molecular complexity index is 808. The Balaban J connectivity index is 1.45. The number of aromatic amines is 1. The second kappa shape index (κ2) is 5.90. The van der Waals surface area contributed by atoms with Gasteiger partial charge in [0.15, 0.2) is 5.65 Å². The van der Waals surface area contributed by atoms with E-state index >= 15 is 0 Å². The third-order valence-corrected chi connectivity index (χ3v) is 5.33. The molecule has 6 nitrogen and oxygen atoms in total. The van der Waals surface area contributed by atoms with E-state index in [9.17, 15) is 10.1 Å². The van der Waals surface area contributed by atoms with Crippen LogP contribution in [-0.2, 0) is 0 Å². The normalized spacial score (nSPS) is 19.3. The van der Waals surface area contributed by atoms with Gasteiger partial charge in [-0.3, -0.25) is 4.79 Å². The van der Waals surface area contributed by atoms with Crippen LogP contribution in [0, 0.1) is 16.7 Å². The molecule has 2 aromatic heterocycles. The van der Waals surface area contributed by atoms with Gasteiger partial charge in [0.2, 0.25) is 0 Å². The second-order valence-electron chi connectivity index (χ2n) is 7.07. The van der Waals surface area contributed by atoms with Gasteiger partial charge in [0.25, 0.3) is 5.91 Å². The molecule has 2 fully saturated rings. The van der Waals surface area contributed by atoms with E-state index in [0.29, 0.717) is 29.2 Å². The number of amides is 1. The van der Waals surface area contributed by atoms with Gasteiger partial charge in [-0.15, -0.1) is 0 Å². The average Bonchev–Trinajstić information content (AvgIpc) is 3.20. The van der Waals surface area contributed by atoms with E-state index in [1.807, 2.05) is 0 Å². The lowest BCUT2D eigenvalue weighted by Gasteiger charge is -2.19. The predicted octanol–water partition coefficient (Wildman–Crippen LogP) is 3.04. The first kappa shape index (κ1) is 15.1. The Kier molecular flexibility index (Phi) is 3.72. The highest BCUT2D eigenvalue weighted by atomic mass is 16.1. The zero-order valence-electron chi connectivity index (χ0n) is 13.6. The molecule has 2 aliphatic carbocycles. The maximum absolute atomic E-state index is 12.5. The number of hydrogen-bond acceptors (Lipinski definition) is 4. The molecular formula is C18H21N5O. The summed E-state index contributed by atoms with van der Waals surface area (Å²) in [6.45, 7) is 0.523. The standard InChI is InChI=1S/C18H21N5O/c19-11-18(5-1-2-6-18)7-8-20-17(24)13-9-21-16-15(13)23-14(10-22-16)12-3-4-12/h9-10,12H,1-8H2,(H,20,24)(H,21,22). The van der Waals surface area contributed by atoms with E-state index in [1.54, 1.807) is 12.4 Å². The molecule has 0 saturated heterocycles. The van der Waals surface area contributed by atoms with Crippen molar-refractivity contribution in [3.05, 3.63) is 23.7 Å². The molecule has 6 heteroatoms. The summed E-state index contributed by atoms with van der Waals surface area (Å²) in [5.41, 5.74) is 2.57. The third-order valence-electron chi connectivity index (χ3n) is 5.33. The first-order valence-corrected chi connectivity index (χ1v) is 8.74. The molecule has 0 aliphatic heterocycles. The molecule has 2 saturated carbocycles. The van der Waals surface area contributed by atoms with Crippen LogP contribution in [0.2, 0.25) is 0 Å². The molecule has 0 bridgehead atoms. The minimum Gasteiger partial charge on any atom is -0.352 e. The molecule has 4 rings (SSSR count). The van der Waals surface area contributed by atoms with Crippen molar-refractivity contribution in [2.24, 2.45) is 5.41 Å². The number of carbonyl (C=O) groups excluding carboxylic acids is 1. The van der Waals surface area contributed by atoms with E-state index in [1.165, 1.54) is 0 Å². The van der Waals surface area contributed by atoms with Crippen LogP contribution in [-0.4, -0.2) is 27.4 Å². The van der Waals surface area contributed by atoms with Crippen LogP contribution in [0.15, 0.2) is 12.4 Å². The molecule has 0 unspecified atom stereocenters. The number of carbonyl (C=O) groups is 1. The van der Waals surface area contributed by atoms with Crippen molar-refractivity contribution in [1.82, 2.24) is 20.3 Å². The summed E-state index contributed by atoms with van der Waals surface area (Å²) in [7, 11) is 0. The van der Waals surface area contributed by atoms with Crippen molar-refractivity contribution in [2.75, 3.05) is 6.54 Å². The van der Waals surface area contributed by atoms with Gasteiger partial charge >= 0.3 is 0 Å². The lowest BCUT2D eigenvalue weighted by atomic mass is 9.84. The van der Waals surface area contributed by atoms with Gasteiger partial charge < -0.3 is 10.3 Å². The number of hydrogen-bond donors (Lipinski definition) is 2. The highest BCUT2D eigenvalue weighted by Crippen LogP contribution is 2.40. The number of fused-ring (bicyclic) bond motifs is 1. The van der Waals surface area contributed by atoms with Gasteiger partial charge in [-0.05, 0) is 32.1 Å². The predicted molar refractivity (Wildman–Crippen MR) is 89.3 cm³/mol. The van der Waals surface area contributed by atoms with Crippen LogP contribution in [0.4, 0.5) is 0 Å². The molecule has 2 aromatic rings. The van der Waals surface area contributed by atoms with Gasteiger partial charge in [-0.25, -0.2) is 9.97 Å². The summed E-state index contributed by atoms with van der Waals surface area (Å²) in [5.74, 6) is 0.361. The van der Waals surface area contributed by atoms with Crippen LogP contribution in [0.25, 0.3) is 11.2 Å². The van der Waals surface area contributed by atoms with Crippen molar-refractivity contribution in [1.29, 1.82) is 5.26 Å². The van der Waals surface area contributed by atoms with E-state index in [4.69, 9.17) is 0 Å². The fourth-order valence-electron chi connectivity index (χ4n) is 3.63. The second-order valence-corrected chi connectivity index (χ2v) is 7.07. The van der Waals surface area contributed by atoms with E-state index < -0.39 is 0 Å². The molecule has 0 radical (unpaired) electrons. The van der Waals surface area contributed by atoms with Crippen LogP contribution >= 0.6 is 0 Å². The molecule has 124 valence electrons. The largest absolute Gasteiger partial charge is 0.352 e. The van der Waals surface area contributed by atoms with Crippen LogP contribution in [0.5, 0.6) is 0 Å². The number of nitriles is 1. The van der Waals surface area contributed by atoms with Crippen LogP contribution in [0.1, 0.15) is 66.9 Å². The molecular weight excluding hydrogens is 302 g/mol. The van der Waals surface area contributed by atoms with Gasteiger partial charge in [-0.1, -0.05) is 12.8 Å². The minimum absolute atomic E-state index is 0.144. The quantitative estimate of drug-likeness (QED) is 0.884. The molecule has 0 atom stereocenters. The monoisotopic (exact) mass is 323 g/mol. The molecule has 24 heavy (non-hydrogen) atoms. The molecule has 0 spiro atoms. The lowest BCUT2D eigenvalue weighted by molar-refractivity contribution is 0.0951. The van der Waals surface area contributed by atoms with Gasteiger partial charge in [0.1, 0.15) is 5.52 Å². The molecule has 0 aromatic carbocycles. The Hall–Kier alpha value is -2.42. The summed E-state index contributed by atoms with van der Waals surface area (Å²) in [5, 5.41) is 12.4. The topological polar surface area (TPSA) is 94.5 Å². The number of rotatable bonds is 5. The summed E-state index contributed by atoms with van der Waals surface area (Å²) < 4.78 is 0. The van der Waals surface area contributed by atoms with Crippen LogP contribution in [0.3, 0.4) is 0 Å². The van der Waals surface area contributed by atoms with Crippen molar-refractivity contribution in [2.45, 2.75) is 50.9 Å². The van der Waals surface area contributed by atoms with E-state index in [2.05, 4.69) is 26.3 Å². The Morgan fingerprint density at radius 1 is 1.42 bits per heavy atom. The molecule has 2 heterocycles. The van der Waals surface area contributed by atoms with E-state index in [0.717, 1.165) is 50.6 Å². The van der Waals surface area contributed by atoms with Gasteiger partial charge in [0, 0.05) is 18.7 Å². The van der Waals surface area contributed by atoms with Crippen LogP contribution < -0.4 is 5.32 Å². The SMILES string of the molecule is N#CC1(CCNC(=O)c2c[nH]c3ncc(C4CC4)nc23)CCCC1. The van der Waals surface area contributed by atoms with Crippen molar-refractivity contribution in [3.8, 4) is 6.07 Å². The molecule has 1 amide bonds. The van der Waals surface area contributed by atoms with Gasteiger partial charge in [-0.2, -0.15) is 5.26 Å². The first-order chi connectivity index (χ1) is 11.7. The molecule has 2 aliphatic rings. The number of H-pyrrole nitrogens is 1. The number of aromatic nitrogens is 3. The molecule has 2 N–H and O–H groups in total. The Morgan fingerprint density at radius 3 is 2.92 bits per heavy atom. The fraction of sp³-hybridized carbons (Fsp3) is 0.556. The van der Waals surface area contributed by atoms with Crippen molar-refractivity contribution in [3.63, 3.8) is 0 Å². The number of nitrogens with zero attached hydrogens (tertiary/aromatic N) is 3. The minimum atomic E-state index is -0.244. The Morgan fingerprint density at radius 2 is 2.21 bits per heavy atom. The zero-order chi connectivity index (χ0) is 16.6. The number of nitrogens with one attached hydrogen (secondary N) is 2. The zero-order valence-corrected chi connectivity index (χ0v) is 13.6. The lowest BCUT2D eigenvalue weighted by Crippen LogP contribution is -2.28. The van der Waals surface area contributed by atoms with Gasteiger partial charge in [0.05, 0.1) is 28.9 Å². The smallest absolute Gasteiger partial charge is 0.255 e. The third kappa shape index (κ3) is 2.75. The summed E-state index contributed by atoms with van der Waals surface area (Å²) in [6, 6.07) is 2.46. The summed E-state index contributed by atoms with van der Waals surface area (Å²) >= 11 is 0. The van der Waals surface area contributed by atoms with E-state index in [-0.39, 0.29) is 11.3 Å². The summed E-state index contributed by atoms with van der Waals surface area (Å²) in [6.07, 6.45) is 10.6. The maximum atomic E-state index is 12.5. The van der Waals surface area contributed by atoms with Crippen molar-refractivity contribution >= 4 is 17.1 Å². The summed E-state index contributed by atoms with van der Waals surface area (Å²) in [4.78, 5) is 24.5. The maximum Gasteiger partial charge on any atom is 0.255 e. The highest BCUT2D eigenvalue weighted by molar-refractivity contribution is 6.04.